The molecule has 4 heterocycles. The van der Waals surface area contributed by atoms with Crippen molar-refractivity contribution in [2.24, 2.45) is 0 Å². The number of piperidine rings is 1. The third-order valence-electron chi connectivity index (χ3n) is 6.40. The van der Waals surface area contributed by atoms with Crippen molar-refractivity contribution in [3.05, 3.63) is 33.5 Å². The number of rotatable bonds is 6. The van der Waals surface area contributed by atoms with Crippen molar-refractivity contribution in [1.82, 2.24) is 24.6 Å². The van der Waals surface area contributed by atoms with Crippen LogP contribution < -0.4 is 0 Å². The lowest BCUT2D eigenvalue weighted by molar-refractivity contribution is 0.201. The summed E-state index contributed by atoms with van der Waals surface area (Å²) in [4.78, 5) is 8.09. The van der Waals surface area contributed by atoms with Gasteiger partial charge in [-0.2, -0.15) is 0 Å². The van der Waals surface area contributed by atoms with E-state index in [9.17, 15) is 0 Å². The number of hydrogen-bond acceptors (Lipinski definition) is 5. The smallest absolute Gasteiger partial charge is 0.147 e. The van der Waals surface area contributed by atoms with Gasteiger partial charge in [0, 0.05) is 28.3 Å². The average Bonchev–Trinajstić information content (AvgIpc) is 3.05. The molecule has 0 spiro atoms. The van der Waals surface area contributed by atoms with Gasteiger partial charge in [0.2, 0.25) is 0 Å². The molecule has 0 bridgehead atoms. The number of aryl methyl sites for hydroxylation is 1. The fourth-order valence-corrected chi connectivity index (χ4v) is 5.67. The van der Waals surface area contributed by atoms with Gasteiger partial charge >= 0.3 is 0 Å². The minimum absolute atomic E-state index is 0.590. The Bertz CT molecular complexity index is 763. The molecule has 2 aromatic heterocycles. The van der Waals surface area contributed by atoms with E-state index in [0.717, 1.165) is 13.1 Å². The number of hydrogen-bond donors (Lipinski definition) is 0. The van der Waals surface area contributed by atoms with E-state index in [2.05, 4.69) is 38.5 Å². The van der Waals surface area contributed by atoms with Crippen molar-refractivity contribution >= 4 is 11.3 Å². The van der Waals surface area contributed by atoms with Gasteiger partial charge in [-0.3, -0.25) is 9.80 Å². The van der Waals surface area contributed by atoms with Crippen LogP contribution in [0.25, 0.3) is 0 Å². The average molecular weight is 386 g/mol. The first-order chi connectivity index (χ1) is 13.3. The van der Waals surface area contributed by atoms with Crippen LogP contribution in [0.15, 0.2) is 12.1 Å². The Morgan fingerprint density at radius 2 is 1.67 bits per heavy atom. The van der Waals surface area contributed by atoms with Crippen LogP contribution >= 0.6 is 11.3 Å². The van der Waals surface area contributed by atoms with Crippen molar-refractivity contribution in [2.75, 3.05) is 26.2 Å². The zero-order valence-electron chi connectivity index (χ0n) is 16.4. The van der Waals surface area contributed by atoms with Gasteiger partial charge in [-0.1, -0.05) is 0 Å². The van der Waals surface area contributed by atoms with Crippen LogP contribution in [0.2, 0.25) is 0 Å². The van der Waals surface area contributed by atoms with E-state index >= 15 is 0 Å². The van der Waals surface area contributed by atoms with E-state index in [4.69, 9.17) is 5.10 Å². The quantitative estimate of drug-likeness (QED) is 0.754. The second kappa shape index (κ2) is 7.64. The van der Waals surface area contributed by atoms with E-state index in [1.807, 2.05) is 11.3 Å². The first kappa shape index (κ1) is 17.8. The minimum atomic E-state index is 0.590. The lowest BCUT2D eigenvalue weighted by atomic mass is 9.95. The van der Waals surface area contributed by atoms with E-state index < -0.39 is 0 Å². The van der Waals surface area contributed by atoms with Gasteiger partial charge in [0.15, 0.2) is 0 Å². The number of likely N-dealkylation sites (tertiary alicyclic amines) is 2. The zero-order valence-corrected chi connectivity index (χ0v) is 17.3. The van der Waals surface area contributed by atoms with Gasteiger partial charge in [0.05, 0.1) is 6.54 Å². The fourth-order valence-electron chi connectivity index (χ4n) is 4.73. The Labute approximate surface area is 166 Å². The highest BCUT2D eigenvalue weighted by Gasteiger charge is 2.34. The second-order valence-electron chi connectivity index (χ2n) is 8.62. The monoisotopic (exact) mass is 385 g/mol. The van der Waals surface area contributed by atoms with Crippen molar-refractivity contribution in [2.45, 2.75) is 70.5 Å². The largest absolute Gasteiger partial charge is 0.311 e. The number of thiophene rings is 1. The zero-order chi connectivity index (χ0) is 18.2. The summed E-state index contributed by atoms with van der Waals surface area (Å²) in [5, 5.41) is 9.39. The summed E-state index contributed by atoms with van der Waals surface area (Å²) >= 11 is 1.94. The van der Waals surface area contributed by atoms with Gasteiger partial charge in [-0.05, 0) is 83.8 Å². The molecule has 0 atom stereocenters. The molecule has 6 heteroatoms. The first-order valence-electron chi connectivity index (χ1n) is 10.7. The molecule has 27 heavy (non-hydrogen) atoms. The molecule has 0 aromatic carbocycles. The Morgan fingerprint density at radius 1 is 0.926 bits per heavy atom. The molecular weight excluding hydrogens is 354 g/mol. The number of nitrogens with zero attached hydrogens (tertiary/aromatic N) is 5. The molecule has 3 aliphatic rings. The highest BCUT2D eigenvalue weighted by Crippen LogP contribution is 2.40. The molecule has 5 nitrogen and oxygen atoms in total. The maximum atomic E-state index is 4.73. The molecule has 1 aliphatic carbocycles. The van der Waals surface area contributed by atoms with E-state index in [1.165, 1.54) is 86.1 Å². The van der Waals surface area contributed by atoms with Gasteiger partial charge in [-0.25, -0.2) is 0 Å². The van der Waals surface area contributed by atoms with E-state index in [0.29, 0.717) is 12.0 Å². The van der Waals surface area contributed by atoms with Crippen LogP contribution in [-0.4, -0.2) is 50.7 Å². The Balaban J connectivity index is 1.24. The van der Waals surface area contributed by atoms with E-state index in [1.54, 1.807) is 0 Å². The molecular formula is C21H31N5S. The summed E-state index contributed by atoms with van der Waals surface area (Å²) in [5.74, 6) is 3.11. The molecule has 3 fully saturated rings. The standard InChI is InChI=1S/C21H31N5S/c1-16-4-7-19(27-16)14-25-12-8-17(9-13-25)21-23-22-20(26(21)18-5-6-18)15-24-10-2-3-11-24/h4,7,17-18H,2-3,5-6,8-15H2,1H3. The fraction of sp³-hybridized carbons (Fsp3) is 0.714. The summed E-state index contributed by atoms with van der Waals surface area (Å²) < 4.78 is 2.54. The summed E-state index contributed by atoms with van der Waals surface area (Å²) in [6.45, 7) is 9.13. The predicted octanol–water partition coefficient (Wildman–Crippen LogP) is 3.96. The van der Waals surface area contributed by atoms with Gasteiger partial charge in [-0.15, -0.1) is 21.5 Å². The third-order valence-corrected chi connectivity index (χ3v) is 7.38. The number of aromatic nitrogens is 3. The van der Waals surface area contributed by atoms with Gasteiger partial charge in [0.1, 0.15) is 11.6 Å². The molecule has 0 radical (unpaired) electrons. The van der Waals surface area contributed by atoms with Crippen molar-refractivity contribution in [3.8, 4) is 0 Å². The summed E-state index contributed by atoms with van der Waals surface area (Å²) in [5.41, 5.74) is 0. The molecule has 2 aliphatic heterocycles. The summed E-state index contributed by atoms with van der Waals surface area (Å²) in [6.07, 6.45) is 7.75. The lowest BCUT2D eigenvalue weighted by Gasteiger charge is -2.31. The Hall–Kier alpha value is -1.24. The molecule has 2 saturated heterocycles. The van der Waals surface area contributed by atoms with E-state index in [-0.39, 0.29) is 0 Å². The molecule has 5 rings (SSSR count). The van der Waals surface area contributed by atoms with Gasteiger partial charge < -0.3 is 4.57 Å². The normalized spacial score (nSPS) is 22.7. The van der Waals surface area contributed by atoms with Crippen LogP contribution in [0.1, 0.15) is 71.9 Å². The highest BCUT2D eigenvalue weighted by atomic mass is 32.1. The molecule has 0 unspecified atom stereocenters. The molecule has 2 aromatic rings. The maximum absolute atomic E-state index is 4.73. The van der Waals surface area contributed by atoms with Crippen LogP contribution in [0.4, 0.5) is 0 Å². The lowest BCUT2D eigenvalue weighted by Crippen LogP contribution is -2.33. The topological polar surface area (TPSA) is 37.2 Å². The van der Waals surface area contributed by atoms with Crippen molar-refractivity contribution in [1.29, 1.82) is 0 Å². The van der Waals surface area contributed by atoms with Crippen LogP contribution in [0.5, 0.6) is 0 Å². The molecule has 146 valence electrons. The van der Waals surface area contributed by atoms with Crippen molar-refractivity contribution < 1.29 is 0 Å². The Kier molecular flexibility index (Phi) is 5.05. The predicted molar refractivity (Wildman–Crippen MR) is 109 cm³/mol. The van der Waals surface area contributed by atoms with Crippen LogP contribution in [0.3, 0.4) is 0 Å². The SMILES string of the molecule is Cc1ccc(CN2CCC(c3nnc(CN4CCCC4)n3C3CC3)CC2)s1. The van der Waals surface area contributed by atoms with Crippen LogP contribution in [0, 0.1) is 6.92 Å². The molecule has 1 saturated carbocycles. The summed E-state index contributed by atoms with van der Waals surface area (Å²) in [6, 6.07) is 5.22. The maximum Gasteiger partial charge on any atom is 0.147 e. The third kappa shape index (κ3) is 3.98. The highest BCUT2D eigenvalue weighted by molar-refractivity contribution is 7.11. The summed E-state index contributed by atoms with van der Waals surface area (Å²) in [7, 11) is 0. The van der Waals surface area contributed by atoms with Crippen LogP contribution in [-0.2, 0) is 13.1 Å². The Morgan fingerprint density at radius 3 is 2.33 bits per heavy atom. The second-order valence-corrected chi connectivity index (χ2v) is 9.99. The van der Waals surface area contributed by atoms with Gasteiger partial charge in [0.25, 0.3) is 0 Å². The molecule has 0 N–H and O–H groups in total. The molecule has 0 amide bonds. The first-order valence-corrected chi connectivity index (χ1v) is 11.5. The minimum Gasteiger partial charge on any atom is -0.311 e. The van der Waals surface area contributed by atoms with Crippen molar-refractivity contribution in [3.63, 3.8) is 0 Å².